The summed E-state index contributed by atoms with van der Waals surface area (Å²) in [6, 6.07) is 6.40. The molecule has 0 atom stereocenters. The van der Waals surface area contributed by atoms with Crippen molar-refractivity contribution in [3.8, 4) is 0 Å². The molecule has 0 radical (unpaired) electrons. The molecule has 0 spiro atoms. The molecule has 0 saturated carbocycles. The molecule has 1 aromatic rings. The van der Waals surface area contributed by atoms with E-state index in [2.05, 4.69) is 5.32 Å². The molecular weight excluding hydrogens is 326 g/mol. The Hall–Kier alpha value is -1.15. The minimum atomic E-state index is -3.47. The second-order valence-corrected chi connectivity index (χ2v) is 7.07. The molecule has 6 nitrogen and oxygen atoms in total. The van der Waals surface area contributed by atoms with Crippen LogP contribution in [-0.2, 0) is 21.4 Å². The third-order valence-corrected chi connectivity index (χ3v) is 5.24. The van der Waals surface area contributed by atoms with Crippen molar-refractivity contribution in [2.24, 2.45) is 5.73 Å². The number of nitrogens with one attached hydrogen (secondary N) is 1. The lowest BCUT2D eigenvalue weighted by molar-refractivity contribution is -0.121. The van der Waals surface area contributed by atoms with E-state index in [1.165, 1.54) is 4.31 Å². The number of nitrogens with zero attached hydrogens (tertiary/aromatic N) is 1. The largest absolute Gasteiger partial charge is 0.352 e. The molecule has 0 aromatic heterocycles. The fourth-order valence-electron chi connectivity index (χ4n) is 1.64. The maximum Gasteiger partial charge on any atom is 0.243 e. The zero-order valence-corrected chi connectivity index (χ0v) is 14.7. The van der Waals surface area contributed by atoms with Crippen molar-refractivity contribution in [1.29, 1.82) is 0 Å². The molecule has 0 saturated heterocycles. The fourth-order valence-corrected chi connectivity index (χ4v) is 3.01. The van der Waals surface area contributed by atoms with Crippen molar-refractivity contribution >= 4 is 28.3 Å². The molecule has 0 aliphatic heterocycles. The van der Waals surface area contributed by atoms with Crippen LogP contribution in [0.15, 0.2) is 29.2 Å². The Morgan fingerprint density at radius 1 is 1.27 bits per heavy atom. The van der Waals surface area contributed by atoms with Gasteiger partial charge in [-0.2, -0.15) is 4.31 Å². The highest BCUT2D eigenvalue weighted by Gasteiger charge is 2.22. The summed E-state index contributed by atoms with van der Waals surface area (Å²) < 4.78 is 25.9. The first-order valence-electron chi connectivity index (χ1n) is 6.82. The van der Waals surface area contributed by atoms with Gasteiger partial charge in [-0.25, -0.2) is 8.42 Å². The Morgan fingerprint density at radius 2 is 1.82 bits per heavy atom. The van der Waals surface area contributed by atoms with Gasteiger partial charge in [0.2, 0.25) is 15.9 Å². The van der Waals surface area contributed by atoms with Crippen LogP contribution < -0.4 is 11.1 Å². The van der Waals surface area contributed by atoms with Gasteiger partial charge in [0.25, 0.3) is 0 Å². The Bertz CT molecular complexity index is 574. The number of amides is 1. The van der Waals surface area contributed by atoms with E-state index in [0.29, 0.717) is 13.1 Å². The quantitative estimate of drug-likeness (QED) is 0.771. The summed E-state index contributed by atoms with van der Waals surface area (Å²) in [6.45, 7) is 4.31. The smallest absolute Gasteiger partial charge is 0.243 e. The molecular formula is C14H24ClN3O3S. The van der Waals surface area contributed by atoms with Crippen molar-refractivity contribution in [2.45, 2.75) is 37.8 Å². The molecule has 0 aliphatic rings. The Morgan fingerprint density at radius 3 is 2.27 bits per heavy atom. The van der Waals surface area contributed by atoms with Crippen molar-refractivity contribution in [2.75, 3.05) is 13.6 Å². The van der Waals surface area contributed by atoms with Crippen LogP contribution in [0.1, 0.15) is 25.8 Å². The number of hydrogen-bond donors (Lipinski definition) is 2. The molecule has 1 amide bonds. The van der Waals surface area contributed by atoms with Gasteiger partial charge in [0.15, 0.2) is 0 Å². The van der Waals surface area contributed by atoms with Gasteiger partial charge in [-0.1, -0.05) is 12.1 Å². The average Bonchev–Trinajstić information content (AvgIpc) is 2.45. The predicted molar refractivity (Wildman–Crippen MR) is 89.3 cm³/mol. The standard InChI is InChI=1S/C14H23N3O3S.ClH/c1-11(2)17(3)21(19,20)13-6-4-12(5-7-13)10-16-14(18)8-9-15;/h4-7,11H,8-10,15H2,1-3H3,(H,16,18);1H. The number of sulfonamides is 1. The van der Waals surface area contributed by atoms with Gasteiger partial charge in [0, 0.05) is 32.6 Å². The summed E-state index contributed by atoms with van der Waals surface area (Å²) in [5, 5.41) is 2.72. The number of nitrogens with two attached hydrogens (primary N) is 1. The molecule has 0 unspecified atom stereocenters. The fraction of sp³-hybridized carbons (Fsp3) is 0.500. The highest BCUT2D eigenvalue weighted by molar-refractivity contribution is 7.89. The zero-order chi connectivity index (χ0) is 16.0. The van der Waals surface area contributed by atoms with E-state index in [-0.39, 0.29) is 35.7 Å². The van der Waals surface area contributed by atoms with Gasteiger partial charge in [-0.3, -0.25) is 4.79 Å². The van der Waals surface area contributed by atoms with Crippen molar-refractivity contribution in [3.05, 3.63) is 29.8 Å². The van der Waals surface area contributed by atoms with Crippen LogP contribution >= 0.6 is 12.4 Å². The Labute approximate surface area is 138 Å². The molecule has 8 heteroatoms. The summed E-state index contributed by atoms with van der Waals surface area (Å²) in [7, 11) is -1.91. The summed E-state index contributed by atoms with van der Waals surface area (Å²) in [5.74, 6) is -0.117. The third kappa shape index (κ3) is 5.57. The minimum absolute atomic E-state index is 0. The molecule has 0 aliphatic carbocycles. The number of halogens is 1. The lowest BCUT2D eigenvalue weighted by atomic mass is 10.2. The lowest BCUT2D eigenvalue weighted by Gasteiger charge is -2.21. The molecule has 0 fully saturated rings. The summed E-state index contributed by atoms with van der Waals surface area (Å²) in [5.41, 5.74) is 6.13. The van der Waals surface area contributed by atoms with E-state index in [1.807, 2.05) is 13.8 Å². The monoisotopic (exact) mass is 349 g/mol. The number of rotatable bonds is 7. The predicted octanol–water partition coefficient (Wildman–Crippen LogP) is 1.10. The molecule has 22 heavy (non-hydrogen) atoms. The zero-order valence-electron chi connectivity index (χ0n) is 13.1. The number of benzene rings is 1. The molecule has 0 bridgehead atoms. The van der Waals surface area contributed by atoms with Crippen LogP contribution in [-0.4, -0.2) is 38.3 Å². The topological polar surface area (TPSA) is 92.5 Å². The number of hydrogen-bond acceptors (Lipinski definition) is 4. The minimum Gasteiger partial charge on any atom is -0.352 e. The summed E-state index contributed by atoms with van der Waals surface area (Å²) in [4.78, 5) is 11.6. The van der Waals surface area contributed by atoms with E-state index < -0.39 is 10.0 Å². The van der Waals surface area contributed by atoms with Crippen molar-refractivity contribution in [1.82, 2.24) is 9.62 Å². The van der Waals surface area contributed by atoms with E-state index in [1.54, 1.807) is 31.3 Å². The van der Waals surface area contributed by atoms with Crippen LogP contribution in [0.3, 0.4) is 0 Å². The summed E-state index contributed by atoms with van der Waals surface area (Å²) in [6.07, 6.45) is 0.283. The third-order valence-electron chi connectivity index (χ3n) is 3.19. The van der Waals surface area contributed by atoms with Gasteiger partial charge < -0.3 is 11.1 Å². The van der Waals surface area contributed by atoms with Gasteiger partial charge >= 0.3 is 0 Å². The second kappa shape index (κ2) is 9.09. The highest BCUT2D eigenvalue weighted by Crippen LogP contribution is 2.17. The highest BCUT2D eigenvalue weighted by atomic mass is 35.5. The van der Waals surface area contributed by atoms with E-state index in [0.717, 1.165) is 5.56 Å². The lowest BCUT2D eigenvalue weighted by Crippen LogP contribution is -2.33. The van der Waals surface area contributed by atoms with E-state index in [4.69, 9.17) is 5.73 Å². The first-order chi connectivity index (χ1) is 9.78. The molecule has 1 rings (SSSR count). The van der Waals surface area contributed by atoms with Crippen LogP contribution in [0, 0.1) is 0 Å². The van der Waals surface area contributed by atoms with Gasteiger partial charge in [-0.15, -0.1) is 12.4 Å². The van der Waals surface area contributed by atoms with Crippen LogP contribution in [0.2, 0.25) is 0 Å². The summed E-state index contributed by atoms with van der Waals surface area (Å²) >= 11 is 0. The maximum absolute atomic E-state index is 12.3. The first-order valence-corrected chi connectivity index (χ1v) is 8.26. The van der Waals surface area contributed by atoms with E-state index >= 15 is 0 Å². The molecule has 0 heterocycles. The normalized spacial score (nSPS) is 11.4. The van der Waals surface area contributed by atoms with Crippen molar-refractivity contribution in [3.63, 3.8) is 0 Å². The average molecular weight is 350 g/mol. The molecule has 1 aromatic carbocycles. The van der Waals surface area contributed by atoms with Gasteiger partial charge in [0.05, 0.1) is 4.90 Å². The number of carbonyl (C=O) groups excluding carboxylic acids is 1. The Kier molecular flexibility index (Phi) is 8.62. The van der Waals surface area contributed by atoms with Gasteiger partial charge in [0.1, 0.15) is 0 Å². The second-order valence-electron chi connectivity index (χ2n) is 5.07. The number of carbonyl (C=O) groups is 1. The molecule has 3 N–H and O–H groups in total. The molecule has 126 valence electrons. The Balaban J connectivity index is 0.00000441. The maximum atomic E-state index is 12.3. The van der Waals surface area contributed by atoms with Crippen LogP contribution in [0.5, 0.6) is 0 Å². The van der Waals surface area contributed by atoms with Crippen molar-refractivity contribution < 1.29 is 13.2 Å². The van der Waals surface area contributed by atoms with E-state index in [9.17, 15) is 13.2 Å². The van der Waals surface area contributed by atoms with Crippen LogP contribution in [0.25, 0.3) is 0 Å². The van der Waals surface area contributed by atoms with Crippen LogP contribution in [0.4, 0.5) is 0 Å². The first kappa shape index (κ1) is 20.9. The SMILES string of the molecule is CC(C)N(C)S(=O)(=O)c1ccc(CNC(=O)CCN)cc1.Cl. The van der Waals surface area contributed by atoms with Gasteiger partial charge in [-0.05, 0) is 31.5 Å².